The molecule has 0 saturated carbocycles. The summed E-state index contributed by atoms with van der Waals surface area (Å²) in [7, 11) is 0. The molecule has 0 fully saturated rings. The van der Waals surface area contributed by atoms with Crippen LogP contribution in [0, 0.1) is 13.7 Å². The first-order valence-electron chi connectivity index (χ1n) is 6.90. The number of amides is 1. The summed E-state index contributed by atoms with van der Waals surface area (Å²) in [5.74, 6) is -1.84. The minimum atomic E-state index is -1.17. The summed E-state index contributed by atoms with van der Waals surface area (Å²) in [6.45, 7) is 0. The summed E-state index contributed by atoms with van der Waals surface area (Å²) in [5.41, 5.74) is 0.607. The van der Waals surface area contributed by atoms with Crippen LogP contribution in [0.3, 0.4) is 0 Å². The topological polar surface area (TPSA) is 110 Å². The molecule has 2 N–H and O–H groups in total. The molecule has 0 spiro atoms. The smallest absolute Gasteiger partial charge is 0.326 e. The Balaban J connectivity index is 2.17. The van der Waals surface area contributed by atoms with Crippen LogP contribution in [0.2, 0.25) is 0 Å². The van der Waals surface area contributed by atoms with Crippen LogP contribution in [0.1, 0.15) is 15.9 Å². The molecule has 0 aliphatic heterocycles. The average molecular weight is 440 g/mol. The van der Waals surface area contributed by atoms with E-state index in [0.29, 0.717) is 0 Å². The van der Waals surface area contributed by atoms with Crippen molar-refractivity contribution in [1.29, 1.82) is 0 Å². The van der Waals surface area contributed by atoms with Crippen molar-refractivity contribution in [3.63, 3.8) is 0 Å². The van der Waals surface area contributed by atoms with E-state index in [0.717, 1.165) is 15.2 Å². The number of carbonyl (C=O) groups is 2. The normalized spacial score (nSPS) is 11.5. The maximum absolute atomic E-state index is 12.2. The maximum atomic E-state index is 12.2. The monoisotopic (exact) mass is 440 g/mol. The molecule has 0 aliphatic rings. The molecule has 124 valence electrons. The highest BCUT2D eigenvalue weighted by Gasteiger charge is 2.22. The van der Waals surface area contributed by atoms with Crippen LogP contribution in [0.15, 0.2) is 48.5 Å². The van der Waals surface area contributed by atoms with Gasteiger partial charge in [-0.15, -0.1) is 0 Å². The minimum absolute atomic E-state index is 0.0400. The fourth-order valence-corrected chi connectivity index (χ4v) is 2.69. The van der Waals surface area contributed by atoms with Crippen molar-refractivity contribution >= 4 is 40.2 Å². The van der Waals surface area contributed by atoms with Crippen molar-refractivity contribution in [2.24, 2.45) is 0 Å². The highest BCUT2D eigenvalue weighted by molar-refractivity contribution is 14.1. The third kappa shape index (κ3) is 4.51. The van der Waals surface area contributed by atoms with Gasteiger partial charge in [0.15, 0.2) is 0 Å². The van der Waals surface area contributed by atoms with Crippen molar-refractivity contribution in [2.75, 3.05) is 0 Å². The molecule has 0 saturated heterocycles. The van der Waals surface area contributed by atoms with Gasteiger partial charge in [0.05, 0.1) is 4.92 Å². The van der Waals surface area contributed by atoms with Gasteiger partial charge >= 0.3 is 5.97 Å². The Labute approximate surface area is 151 Å². The van der Waals surface area contributed by atoms with E-state index in [1.54, 1.807) is 12.1 Å². The predicted molar refractivity (Wildman–Crippen MR) is 94.8 cm³/mol. The predicted octanol–water partition coefficient (Wildman–Crippen LogP) is 2.63. The Morgan fingerprint density at radius 2 is 1.92 bits per heavy atom. The molecule has 8 heteroatoms. The van der Waals surface area contributed by atoms with Crippen LogP contribution in [0.4, 0.5) is 5.69 Å². The molecule has 0 unspecified atom stereocenters. The average Bonchev–Trinajstić information content (AvgIpc) is 2.56. The van der Waals surface area contributed by atoms with E-state index >= 15 is 0 Å². The SMILES string of the molecule is O=C(N[C@@H](Cc1ccccc1I)C(=O)O)c1cccc([N+](=O)[O-])c1. The lowest BCUT2D eigenvalue weighted by molar-refractivity contribution is -0.384. The number of non-ortho nitro benzene ring substituents is 1. The summed E-state index contributed by atoms with van der Waals surface area (Å²) >= 11 is 2.09. The summed E-state index contributed by atoms with van der Waals surface area (Å²) in [6, 6.07) is 11.3. The van der Waals surface area contributed by atoms with Crippen molar-refractivity contribution in [3.8, 4) is 0 Å². The zero-order valence-electron chi connectivity index (χ0n) is 12.3. The van der Waals surface area contributed by atoms with Crippen LogP contribution in [-0.4, -0.2) is 27.9 Å². The molecule has 0 heterocycles. The largest absolute Gasteiger partial charge is 0.480 e. The van der Waals surface area contributed by atoms with Crippen molar-refractivity contribution in [1.82, 2.24) is 5.32 Å². The third-order valence-corrected chi connectivity index (χ3v) is 4.36. The molecule has 2 aromatic rings. The molecular formula is C16H13IN2O5. The summed E-state index contributed by atoms with van der Waals surface area (Å²) in [4.78, 5) is 33.8. The summed E-state index contributed by atoms with van der Waals surface area (Å²) in [5, 5.41) is 22.5. The summed E-state index contributed by atoms with van der Waals surface area (Å²) in [6.07, 6.45) is 0.120. The van der Waals surface area contributed by atoms with Gasteiger partial charge in [-0.3, -0.25) is 14.9 Å². The zero-order chi connectivity index (χ0) is 17.7. The molecule has 1 atom stereocenters. The number of rotatable bonds is 6. The molecule has 2 rings (SSSR count). The van der Waals surface area contributed by atoms with Gasteiger partial charge in [-0.25, -0.2) is 4.79 Å². The molecule has 24 heavy (non-hydrogen) atoms. The van der Waals surface area contributed by atoms with E-state index in [2.05, 4.69) is 27.9 Å². The van der Waals surface area contributed by atoms with Crippen LogP contribution in [0.25, 0.3) is 0 Å². The van der Waals surface area contributed by atoms with Gasteiger partial charge in [-0.1, -0.05) is 24.3 Å². The lowest BCUT2D eigenvalue weighted by atomic mass is 10.1. The van der Waals surface area contributed by atoms with Gasteiger partial charge in [0.1, 0.15) is 6.04 Å². The van der Waals surface area contributed by atoms with E-state index in [4.69, 9.17) is 0 Å². The number of benzene rings is 2. The molecule has 2 aromatic carbocycles. The second kappa shape index (κ2) is 7.86. The maximum Gasteiger partial charge on any atom is 0.326 e. The van der Waals surface area contributed by atoms with E-state index in [1.807, 2.05) is 12.1 Å². The Kier molecular flexibility index (Phi) is 5.85. The number of nitro benzene ring substituents is 1. The number of nitrogens with zero attached hydrogens (tertiary/aromatic N) is 1. The van der Waals surface area contributed by atoms with E-state index in [-0.39, 0.29) is 17.7 Å². The Morgan fingerprint density at radius 3 is 2.54 bits per heavy atom. The second-order valence-corrected chi connectivity index (χ2v) is 6.13. The molecule has 7 nitrogen and oxygen atoms in total. The Bertz CT molecular complexity index is 794. The summed E-state index contributed by atoms with van der Waals surface area (Å²) < 4.78 is 0.894. The zero-order valence-corrected chi connectivity index (χ0v) is 14.5. The van der Waals surface area contributed by atoms with Gasteiger partial charge in [0, 0.05) is 27.7 Å². The molecule has 0 bridgehead atoms. The first kappa shape index (κ1) is 17.9. The van der Waals surface area contributed by atoms with Gasteiger partial charge in [-0.2, -0.15) is 0 Å². The molecular weight excluding hydrogens is 427 g/mol. The number of hydrogen-bond donors (Lipinski definition) is 2. The van der Waals surface area contributed by atoms with Gasteiger partial charge in [0.25, 0.3) is 11.6 Å². The van der Waals surface area contributed by atoms with Crippen LogP contribution >= 0.6 is 22.6 Å². The number of nitro groups is 1. The van der Waals surface area contributed by atoms with Gasteiger partial charge in [0.2, 0.25) is 0 Å². The number of halogens is 1. The van der Waals surface area contributed by atoms with Crippen LogP contribution in [-0.2, 0) is 11.2 Å². The fourth-order valence-electron chi connectivity index (χ4n) is 2.09. The Hall–Kier alpha value is -2.49. The van der Waals surface area contributed by atoms with E-state index in [1.165, 1.54) is 18.2 Å². The lowest BCUT2D eigenvalue weighted by Gasteiger charge is -2.15. The number of carboxylic acid groups (broad SMARTS) is 1. The van der Waals surface area contributed by atoms with Crippen LogP contribution in [0.5, 0.6) is 0 Å². The number of nitrogens with one attached hydrogen (secondary N) is 1. The highest BCUT2D eigenvalue weighted by atomic mass is 127. The fraction of sp³-hybridized carbons (Fsp3) is 0.125. The molecule has 0 aliphatic carbocycles. The van der Waals surface area contributed by atoms with Gasteiger partial charge < -0.3 is 10.4 Å². The number of carbonyl (C=O) groups excluding carboxylic acids is 1. The molecule has 0 aromatic heterocycles. The number of carboxylic acids is 1. The first-order chi connectivity index (χ1) is 11.4. The molecule has 0 radical (unpaired) electrons. The van der Waals surface area contributed by atoms with Crippen LogP contribution < -0.4 is 5.32 Å². The third-order valence-electron chi connectivity index (χ3n) is 3.30. The van der Waals surface area contributed by atoms with Crippen molar-refractivity contribution in [3.05, 3.63) is 73.3 Å². The van der Waals surface area contributed by atoms with Gasteiger partial charge in [-0.05, 0) is 40.3 Å². The molecule has 1 amide bonds. The second-order valence-electron chi connectivity index (χ2n) is 4.97. The standard InChI is InChI=1S/C16H13IN2O5/c17-13-7-2-1-4-10(13)9-14(16(21)22)18-15(20)11-5-3-6-12(8-11)19(23)24/h1-8,14H,9H2,(H,18,20)(H,21,22)/t14-/m0/s1. The first-order valence-corrected chi connectivity index (χ1v) is 7.98. The highest BCUT2D eigenvalue weighted by Crippen LogP contribution is 2.15. The lowest BCUT2D eigenvalue weighted by Crippen LogP contribution is -2.42. The van der Waals surface area contributed by atoms with E-state index in [9.17, 15) is 24.8 Å². The van der Waals surface area contributed by atoms with Crippen molar-refractivity contribution in [2.45, 2.75) is 12.5 Å². The quantitative estimate of drug-likeness (QED) is 0.408. The number of hydrogen-bond acceptors (Lipinski definition) is 4. The number of aliphatic carboxylic acids is 1. The minimum Gasteiger partial charge on any atom is -0.480 e. The Morgan fingerprint density at radius 1 is 1.21 bits per heavy atom. The van der Waals surface area contributed by atoms with Crippen molar-refractivity contribution < 1.29 is 19.6 Å². The van der Waals surface area contributed by atoms with E-state index < -0.39 is 22.8 Å².